The predicted octanol–water partition coefficient (Wildman–Crippen LogP) is 4.98. The van der Waals surface area contributed by atoms with Crippen LogP contribution < -0.4 is 10.4 Å². The number of aliphatic carboxylic acids is 1. The number of hydrogen-bond acceptors (Lipinski definition) is 4. The molecule has 8 heteroatoms. The number of carbonyl (C=O) groups is 1. The number of nitrogens with one attached hydrogen (secondary N) is 1. The Balaban J connectivity index is 1.76. The zero-order chi connectivity index (χ0) is 25.6. The van der Waals surface area contributed by atoms with E-state index in [4.69, 9.17) is 9.72 Å². The molecule has 0 aliphatic rings. The fourth-order valence-corrected chi connectivity index (χ4v) is 5.08. The Labute approximate surface area is 207 Å². The maximum absolute atomic E-state index is 14.1. The fraction of sp³-hybridized carbons (Fsp3) is 0.250. The minimum atomic E-state index is -1.00. The van der Waals surface area contributed by atoms with Crippen molar-refractivity contribution >= 4 is 28.0 Å². The van der Waals surface area contributed by atoms with Gasteiger partial charge in [0.15, 0.2) is 5.65 Å². The Morgan fingerprint density at radius 2 is 1.83 bits per heavy atom. The van der Waals surface area contributed by atoms with E-state index in [1.165, 1.54) is 4.57 Å². The molecule has 3 heterocycles. The van der Waals surface area contributed by atoms with Crippen LogP contribution in [0.3, 0.4) is 0 Å². The molecule has 2 atom stereocenters. The molecule has 0 aliphatic carbocycles. The van der Waals surface area contributed by atoms with Crippen LogP contribution in [0.15, 0.2) is 65.6 Å². The smallest absolute Gasteiger partial charge is 0.331 e. The van der Waals surface area contributed by atoms with Gasteiger partial charge in [-0.15, -0.1) is 0 Å². The number of methoxy groups -OCH3 is 1. The maximum atomic E-state index is 14.1. The molecule has 3 aromatic heterocycles. The second-order valence-corrected chi connectivity index (χ2v) is 9.12. The number of ether oxygens (including phenoxy) is 1. The summed E-state index contributed by atoms with van der Waals surface area (Å²) < 4.78 is 8.50. The molecule has 0 radical (unpaired) electrons. The van der Waals surface area contributed by atoms with Crippen LogP contribution in [0.5, 0.6) is 5.75 Å². The Morgan fingerprint density at radius 3 is 2.53 bits per heavy atom. The summed E-state index contributed by atoms with van der Waals surface area (Å²) in [5.74, 6) is -0.350. The van der Waals surface area contributed by atoms with Crippen molar-refractivity contribution in [1.29, 1.82) is 0 Å². The number of fused-ring (bicyclic) bond motifs is 2. The molecule has 0 amide bonds. The van der Waals surface area contributed by atoms with Gasteiger partial charge in [0.1, 0.15) is 5.75 Å². The van der Waals surface area contributed by atoms with Crippen LogP contribution in [-0.2, 0) is 4.79 Å². The molecule has 184 valence electrons. The lowest BCUT2D eigenvalue weighted by molar-refractivity contribution is -0.137. The number of nitrogens with zero attached hydrogens (tertiary/aromatic N) is 3. The monoisotopic (exact) mass is 484 g/mol. The first-order valence-electron chi connectivity index (χ1n) is 11.8. The van der Waals surface area contributed by atoms with Crippen molar-refractivity contribution in [2.45, 2.75) is 39.3 Å². The lowest BCUT2D eigenvalue weighted by Gasteiger charge is -2.18. The summed E-state index contributed by atoms with van der Waals surface area (Å²) in [4.78, 5) is 34.1. The van der Waals surface area contributed by atoms with E-state index in [-0.39, 0.29) is 18.2 Å². The van der Waals surface area contributed by atoms with E-state index >= 15 is 0 Å². The van der Waals surface area contributed by atoms with E-state index in [1.807, 2.05) is 44.3 Å². The molecule has 0 saturated carbocycles. The maximum Gasteiger partial charge on any atom is 0.331 e. The SMILES string of the molecule is COc1ccc([C@@H](CC(=O)O)n2c(=O)n(C(C)c3c[nH]c4cccc(C)c34)c3ccc(C)nc32)cc1. The Morgan fingerprint density at radius 1 is 1.08 bits per heavy atom. The third kappa shape index (κ3) is 3.84. The van der Waals surface area contributed by atoms with Gasteiger partial charge in [-0.2, -0.15) is 0 Å². The number of aromatic nitrogens is 4. The fourth-order valence-electron chi connectivity index (χ4n) is 5.08. The van der Waals surface area contributed by atoms with Crippen molar-refractivity contribution in [3.63, 3.8) is 0 Å². The van der Waals surface area contributed by atoms with E-state index < -0.39 is 12.0 Å². The lowest BCUT2D eigenvalue weighted by Crippen LogP contribution is -2.31. The molecule has 5 aromatic rings. The molecule has 36 heavy (non-hydrogen) atoms. The van der Waals surface area contributed by atoms with Crippen LogP contribution in [0.2, 0.25) is 0 Å². The number of pyridine rings is 1. The summed E-state index contributed by atoms with van der Waals surface area (Å²) in [6.45, 7) is 5.90. The van der Waals surface area contributed by atoms with Gasteiger partial charge in [0, 0.05) is 28.4 Å². The van der Waals surface area contributed by atoms with Crippen LogP contribution in [0.4, 0.5) is 0 Å². The van der Waals surface area contributed by atoms with Crippen molar-refractivity contribution < 1.29 is 14.6 Å². The van der Waals surface area contributed by atoms with Gasteiger partial charge in [0.2, 0.25) is 0 Å². The van der Waals surface area contributed by atoms with E-state index in [9.17, 15) is 14.7 Å². The van der Waals surface area contributed by atoms with Crippen molar-refractivity contribution in [2.75, 3.05) is 7.11 Å². The van der Waals surface area contributed by atoms with Crippen molar-refractivity contribution in [2.24, 2.45) is 0 Å². The molecule has 0 fully saturated rings. The summed E-state index contributed by atoms with van der Waals surface area (Å²) in [7, 11) is 1.57. The molecular weight excluding hydrogens is 456 g/mol. The largest absolute Gasteiger partial charge is 0.497 e. The average Bonchev–Trinajstić information content (AvgIpc) is 3.41. The molecule has 0 aliphatic heterocycles. The minimum absolute atomic E-state index is 0.262. The second kappa shape index (κ2) is 9.03. The summed E-state index contributed by atoms with van der Waals surface area (Å²) >= 11 is 0. The number of carboxylic acid groups (broad SMARTS) is 1. The zero-order valence-electron chi connectivity index (χ0n) is 20.6. The average molecular weight is 485 g/mol. The van der Waals surface area contributed by atoms with Crippen molar-refractivity contribution in [3.05, 3.63) is 93.7 Å². The third-order valence-electron chi connectivity index (χ3n) is 6.86. The number of carboxylic acids is 1. The predicted molar refractivity (Wildman–Crippen MR) is 139 cm³/mol. The molecule has 2 aromatic carbocycles. The van der Waals surface area contributed by atoms with Gasteiger partial charge in [-0.25, -0.2) is 9.78 Å². The highest BCUT2D eigenvalue weighted by Crippen LogP contribution is 2.32. The van der Waals surface area contributed by atoms with Crippen molar-refractivity contribution in [1.82, 2.24) is 19.1 Å². The topological polar surface area (TPSA) is 102 Å². The van der Waals surface area contributed by atoms with Crippen molar-refractivity contribution in [3.8, 4) is 5.75 Å². The molecular formula is C28H28N4O4. The second-order valence-electron chi connectivity index (χ2n) is 9.12. The quantitative estimate of drug-likeness (QED) is 0.339. The van der Waals surface area contributed by atoms with Gasteiger partial charge in [-0.3, -0.25) is 13.9 Å². The highest BCUT2D eigenvalue weighted by atomic mass is 16.5. The third-order valence-corrected chi connectivity index (χ3v) is 6.86. The van der Waals surface area contributed by atoms with Gasteiger partial charge in [-0.05, 0) is 62.2 Å². The zero-order valence-corrected chi connectivity index (χ0v) is 20.6. The first-order valence-corrected chi connectivity index (χ1v) is 11.8. The van der Waals surface area contributed by atoms with Gasteiger partial charge >= 0.3 is 11.7 Å². The summed E-state index contributed by atoms with van der Waals surface area (Å²) in [5, 5.41) is 10.8. The van der Waals surface area contributed by atoms with Crippen LogP contribution in [-0.4, -0.2) is 37.3 Å². The standard InChI is InChI=1S/C28H28N4O4/c1-16-6-5-7-22-26(16)21(15-29-22)18(3)31-23-13-8-17(2)30-27(23)32(28(31)35)24(14-25(33)34)19-9-11-20(36-4)12-10-19/h5-13,15,18,24,29H,14H2,1-4H3,(H,33,34)/t18?,24-/m1/s1. The lowest BCUT2D eigenvalue weighted by atomic mass is 10.0. The molecule has 0 spiro atoms. The number of aryl methyl sites for hydroxylation is 2. The number of H-pyrrole nitrogens is 1. The Hall–Kier alpha value is -4.33. The normalized spacial score (nSPS) is 13.2. The van der Waals surface area contributed by atoms with E-state index in [0.29, 0.717) is 22.5 Å². The van der Waals surface area contributed by atoms with Crippen LogP contribution in [0, 0.1) is 13.8 Å². The van der Waals surface area contributed by atoms with E-state index in [2.05, 4.69) is 18.0 Å². The van der Waals surface area contributed by atoms with Gasteiger partial charge in [0.25, 0.3) is 0 Å². The molecule has 0 saturated heterocycles. The first-order chi connectivity index (χ1) is 17.3. The molecule has 8 nitrogen and oxygen atoms in total. The number of aromatic amines is 1. The molecule has 5 rings (SSSR count). The summed E-state index contributed by atoms with van der Waals surface area (Å²) in [5.41, 5.74) is 5.36. The molecule has 1 unspecified atom stereocenters. The Kier molecular flexibility index (Phi) is 5.88. The van der Waals surface area contributed by atoms with Gasteiger partial charge in [-0.1, -0.05) is 24.3 Å². The first kappa shape index (κ1) is 23.4. The Bertz CT molecular complexity index is 1640. The highest BCUT2D eigenvalue weighted by molar-refractivity contribution is 5.87. The van der Waals surface area contributed by atoms with Crippen LogP contribution >= 0.6 is 0 Å². The summed E-state index contributed by atoms with van der Waals surface area (Å²) in [6.07, 6.45) is 1.68. The summed E-state index contributed by atoms with van der Waals surface area (Å²) in [6, 6.07) is 15.9. The highest BCUT2D eigenvalue weighted by Gasteiger charge is 2.28. The van der Waals surface area contributed by atoms with Crippen LogP contribution in [0.1, 0.15) is 47.8 Å². The molecule has 0 bridgehead atoms. The number of rotatable bonds is 7. The van der Waals surface area contributed by atoms with Gasteiger partial charge < -0.3 is 14.8 Å². The number of benzene rings is 2. The van der Waals surface area contributed by atoms with E-state index in [1.54, 1.807) is 35.9 Å². The molecule has 2 N–H and O–H groups in total. The van der Waals surface area contributed by atoms with Crippen LogP contribution in [0.25, 0.3) is 22.1 Å². The number of hydrogen-bond donors (Lipinski definition) is 2. The minimum Gasteiger partial charge on any atom is -0.497 e. The van der Waals surface area contributed by atoms with E-state index in [0.717, 1.165) is 27.7 Å². The number of imidazole rings is 1. The van der Waals surface area contributed by atoms with Gasteiger partial charge in [0.05, 0.1) is 31.1 Å².